The van der Waals surface area contributed by atoms with Gasteiger partial charge in [-0.05, 0) is 73.2 Å². The Hall–Kier alpha value is -3.97. The molecule has 3 aromatic carbocycles. The van der Waals surface area contributed by atoms with Crippen molar-refractivity contribution in [1.29, 1.82) is 0 Å². The topological polar surface area (TPSA) is 64.3 Å². The Morgan fingerprint density at radius 2 is 1.67 bits per heavy atom. The Morgan fingerprint density at radius 3 is 2.39 bits per heavy atom. The van der Waals surface area contributed by atoms with Crippen LogP contribution in [0.3, 0.4) is 0 Å². The van der Waals surface area contributed by atoms with Gasteiger partial charge in [0.15, 0.2) is 5.82 Å². The smallest absolute Gasteiger partial charge is 0.254 e. The summed E-state index contributed by atoms with van der Waals surface area (Å²) in [5.41, 5.74) is 2.46. The van der Waals surface area contributed by atoms with Gasteiger partial charge >= 0.3 is 0 Å². The Labute approximate surface area is 194 Å². The molecule has 0 aliphatic heterocycles. The fourth-order valence-electron chi connectivity index (χ4n) is 3.41. The number of anilines is 2. The van der Waals surface area contributed by atoms with Crippen LogP contribution in [-0.4, -0.2) is 19.6 Å². The maximum Gasteiger partial charge on any atom is 0.254 e. The molecular weight excluding hydrogens is 441 g/mol. The number of rotatable bonds is 6. The summed E-state index contributed by atoms with van der Waals surface area (Å²) < 4.78 is 21.0. The Bertz CT molecular complexity index is 1420. The van der Waals surface area contributed by atoms with E-state index in [0.717, 1.165) is 22.8 Å². The van der Waals surface area contributed by atoms with Crippen molar-refractivity contribution in [3.8, 4) is 11.5 Å². The zero-order valence-corrected chi connectivity index (χ0v) is 18.4. The number of fused-ring (bicyclic) bond motifs is 1. The van der Waals surface area contributed by atoms with E-state index in [1.54, 1.807) is 22.7 Å². The molecule has 0 bridgehead atoms. The molecule has 2 aromatic heterocycles. The summed E-state index contributed by atoms with van der Waals surface area (Å²) >= 11 is 5.92. The van der Waals surface area contributed by atoms with E-state index in [4.69, 9.17) is 16.3 Å². The van der Waals surface area contributed by atoms with Crippen molar-refractivity contribution in [2.75, 3.05) is 5.32 Å². The van der Waals surface area contributed by atoms with Gasteiger partial charge in [-0.25, -0.2) is 9.37 Å². The van der Waals surface area contributed by atoms with Gasteiger partial charge < -0.3 is 10.1 Å². The second kappa shape index (κ2) is 8.88. The van der Waals surface area contributed by atoms with Gasteiger partial charge in [0.2, 0.25) is 0 Å². The van der Waals surface area contributed by atoms with Gasteiger partial charge in [0.1, 0.15) is 23.1 Å². The predicted octanol–water partition coefficient (Wildman–Crippen LogP) is 6.35. The number of ether oxygens (including phenoxy) is 1. The fraction of sp³-hybridized carbons (Fsp3) is 0.0800. The van der Waals surface area contributed by atoms with E-state index in [2.05, 4.69) is 20.4 Å². The molecule has 164 valence electrons. The molecule has 0 saturated heterocycles. The molecule has 0 spiro atoms. The van der Waals surface area contributed by atoms with Gasteiger partial charge in [-0.2, -0.15) is 9.50 Å². The van der Waals surface area contributed by atoms with Crippen LogP contribution in [0, 0.1) is 12.7 Å². The van der Waals surface area contributed by atoms with Crippen LogP contribution in [0.15, 0.2) is 78.9 Å². The molecule has 5 aromatic rings. The summed E-state index contributed by atoms with van der Waals surface area (Å²) in [6, 6.07) is 23.1. The fourth-order valence-corrected chi connectivity index (χ4v) is 3.54. The first-order chi connectivity index (χ1) is 16.0. The van der Waals surface area contributed by atoms with Crippen LogP contribution in [0.25, 0.3) is 5.78 Å². The second-order valence-corrected chi connectivity index (χ2v) is 7.97. The number of nitrogens with one attached hydrogen (secondary N) is 1. The summed E-state index contributed by atoms with van der Waals surface area (Å²) in [5.74, 6) is 2.90. The van der Waals surface area contributed by atoms with E-state index in [0.29, 0.717) is 34.5 Å². The van der Waals surface area contributed by atoms with Crippen LogP contribution in [-0.2, 0) is 6.42 Å². The molecule has 0 saturated carbocycles. The molecule has 0 aliphatic carbocycles. The Kier molecular flexibility index (Phi) is 5.62. The highest BCUT2D eigenvalue weighted by atomic mass is 35.5. The summed E-state index contributed by atoms with van der Waals surface area (Å²) in [4.78, 5) is 8.99. The predicted molar refractivity (Wildman–Crippen MR) is 126 cm³/mol. The van der Waals surface area contributed by atoms with Crippen molar-refractivity contribution in [3.63, 3.8) is 0 Å². The van der Waals surface area contributed by atoms with Crippen LogP contribution in [0.4, 0.5) is 15.9 Å². The van der Waals surface area contributed by atoms with Gasteiger partial charge in [0.25, 0.3) is 5.78 Å². The van der Waals surface area contributed by atoms with Gasteiger partial charge in [-0.1, -0.05) is 23.7 Å². The van der Waals surface area contributed by atoms with Crippen LogP contribution in [0.1, 0.15) is 17.1 Å². The number of aryl methyl sites for hydroxylation is 1. The molecule has 0 amide bonds. The number of hydrogen-bond acceptors (Lipinski definition) is 5. The molecule has 0 unspecified atom stereocenters. The van der Waals surface area contributed by atoms with Gasteiger partial charge in [-0.15, -0.1) is 5.10 Å². The molecule has 8 heteroatoms. The van der Waals surface area contributed by atoms with E-state index in [-0.39, 0.29) is 5.82 Å². The average Bonchev–Trinajstić information content (AvgIpc) is 3.19. The lowest BCUT2D eigenvalue weighted by atomic mass is 10.1. The van der Waals surface area contributed by atoms with E-state index in [9.17, 15) is 4.39 Å². The maximum atomic E-state index is 13.5. The van der Waals surface area contributed by atoms with Crippen molar-refractivity contribution in [1.82, 2.24) is 19.6 Å². The van der Waals surface area contributed by atoms with Crippen molar-refractivity contribution >= 4 is 28.9 Å². The van der Waals surface area contributed by atoms with E-state index >= 15 is 0 Å². The summed E-state index contributed by atoms with van der Waals surface area (Å²) in [7, 11) is 0. The molecule has 0 aliphatic rings. The molecule has 2 heterocycles. The largest absolute Gasteiger partial charge is 0.457 e. The SMILES string of the molecule is Cc1cc(Nc2ccc(Oc3ccc(Cl)cc3)cc2)n2nc(Cc3cccc(F)c3)nc2n1. The lowest BCUT2D eigenvalue weighted by molar-refractivity contribution is 0.483. The van der Waals surface area contributed by atoms with Gasteiger partial charge in [0, 0.05) is 28.9 Å². The van der Waals surface area contributed by atoms with Crippen LogP contribution in [0.5, 0.6) is 11.5 Å². The number of nitrogens with zero attached hydrogens (tertiary/aromatic N) is 4. The monoisotopic (exact) mass is 459 g/mol. The van der Waals surface area contributed by atoms with Crippen molar-refractivity contribution < 1.29 is 9.13 Å². The van der Waals surface area contributed by atoms with Crippen LogP contribution >= 0.6 is 11.6 Å². The van der Waals surface area contributed by atoms with Crippen molar-refractivity contribution in [2.24, 2.45) is 0 Å². The number of aromatic nitrogens is 4. The van der Waals surface area contributed by atoms with E-state index < -0.39 is 0 Å². The van der Waals surface area contributed by atoms with Gasteiger partial charge in [0.05, 0.1) is 0 Å². The van der Waals surface area contributed by atoms with Gasteiger partial charge in [-0.3, -0.25) is 0 Å². The summed E-state index contributed by atoms with van der Waals surface area (Å²) in [5, 5.41) is 8.60. The maximum absolute atomic E-state index is 13.5. The van der Waals surface area contributed by atoms with E-state index in [1.807, 2.05) is 55.5 Å². The minimum Gasteiger partial charge on any atom is -0.457 e. The van der Waals surface area contributed by atoms with Crippen LogP contribution in [0.2, 0.25) is 5.02 Å². The quantitative estimate of drug-likeness (QED) is 0.320. The minimum atomic E-state index is -0.281. The summed E-state index contributed by atoms with van der Waals surface area (Å²) in [6.07, 6.45) is 0.413. The zero-order valence-electron chi connectivity index (χ0n) is 17.7. The third-order valence-corrected chi connectivity index (χ3v) is 5.16. The molecule has 5 rings (SSSR count). The number of halogens is 2. The molecule has 0 atom stereocenters. The first-order valence-corrected chi connectivity index (χ1v) is 10.7. The highest BCUT2D eigenvalue weighted by molar-refractivity contribution is 6.30. The van der Waals surface area contributed by atoms with Crippen molar-refractivity contribution in [2.45, 2.75) is 13.3 Å². The normalized spacial score (nSPS) is 11.0. The van der Waals surface area contributed by atoms with Crippen molar-refractivity contribution in [3.05, 3.63) is 107 Å². The molecule has 6 nitrogen and oxygen atoms in total. The molecule has 0 radical (unpaired) electrons. The zero-order chi connectivity index (χ0) is 22.8. The third kappa shape index (κ3) is 4.94. The lowest BCUT2D eigenvalue weighted by Gasteiger charge is -2.10. The van der Waals surface area contributed by atoms with Crippen LogP contribution < -0.4 is 10.1 Å². The second-order valence-electron chi connectivity index (χ2n) is 7.53. The minimum absolute atomic E-state index is 0.281. The van der Waals surface area contributed by atoms with E-state index in [1.165, 1.54) is 12.1 Å². The standard InChI is InChI=1S/C25H19ClFN5O/c1-16-13-24(29-20-7-11-22(12-8-20)33-21-9-5-18(26)6-10-21)32-25(28-16)30-23(31-32)15-17-3-2-4-19(27)14-17/h2-14,29H,15H2,1H3. The molecular formula is C25H19ClFN5O. The molecule has 0 fully saturated rings. The number of hydrogen-bond donors (Lipinski definition) is 1. The third-order valence-electron chi connectivity index (χ3n) is 4.91. The Morgan fingerprint density at radius 1 is 0.939 bits per heavy atom. The molecule has 1 N–H and O–H groups in total. The molecule has 33 heavy (non-hydrogen) atoms. The highest BCUT2D eigenvalue weighted by Gasteiger charge is 2.11. The highest BCUT2D eigenvalue weighted by Crippen LogP contribution is 2.26. The first kappa shape index (κ1) is 20.9. The lowest BCUT2D eigenvalue weighted by Crippen LogP contribution is -2.03. The summed E-state index contributed by atoms with van der Waals surface area (Å²) in [6.45, 7) is 1.90. The first-order valence-electron chi connectivity index (χ1n) is 10.3. The number of benzene rings is 3. The Balaban J connectivity index is 1.36. The average molecular weight is 460 g/mol.